The zero-order chi connectivity index (χ0) is 17.3. The summed E-state index contributed by atoms with van der Waals surface area (Å²) in [6.45, 7) is 0. The maximum absolute atomic E-state index is 12.0. The molecule has 3 aromatic carbocycles. The first-order valence-corrected chi connectivity index (χ1v) is 8.55. The molecule has 122 valence electrons. The molecule has 25 heavy (non-hydrogen) atoms. The van der Waals surface area contributed by atoms with Crippen LogP contribution in [0.25, 0.3) is 10.8 Å². The normalized spacial score (nSPS) is 11.6. The number of fused-ring (bicyclic) bond motifs is 1. The molecule has 6 nitrogen and oxygen atoms in total. The average molecular weight is 385 g/mol. The van der Waals surface area contributed by atoms with Crippen molar-refractivity contribution in [1.29, 1.82) is 0 Å². The quantitative estimate of drug-likeness (QED) is 0.417. The summed E-state index contributed by atoms with van der Waals surface area (Å²) < 4.78 is 32.1. The van der Waals surface area contributed by atoms with Gasteiger partial charge in [0, 0.05) is 10.4 Å². The van der Waals surface area contributed by atoms with Gasteiger partial charge in [0.05, 0.1) is 5.69 Å². The summed E-state index contributed by atoms with van der Waals surface area (Å²) in [6.07, 6.45) is 0. The van der Waals surface area contributed by atoms with Gasteiger partial charge in [0.1, 0.15) is 10.6 Å². The van der Waals surface area contributed by atoms with E-state index in [2.05, 4.69) is 10.2 Å². The topological polar surface area (TPSA) is 102 Å². The Labute approximate surface area is 171 Å². The van der Waals surface area contributed by atoms with E-state index >= 15 is 0 Å². The number of hydrogen-bond donors (Lipinski definition) is 1. The molecular weight excluding hydrogens is 375 g/mol. The SMILES string of the molecule is O=S(=O)(O)c1cc(Cl)ccc1N=Nc1c([O-])ccc2ccccc12.[Na+]. The second-order valence-corrected chi connectivity index (χ2v) is 6.75. The van der Waals surface area contributed by atoms with Crippen molar-refractivity contribution in [3.63, 3.8) is 0 Å². The zero-order valence-corrected chi connectivity index (χ0v) is 16.6. The summed E-state index contributed by atoms with van der Waals surface area (Å²) in [4.78, 5) is -0.480. The van der Waals surface area contributed by atoms with Crippen LogP contribution < -0.4 is 34.7 Å². The van der Waals surface area contributed by atoms with E-state index in [4.69, 9.17) is 11.6 Å². The van der Waals surface area contributed by atoms with Crippen LogP contribution in [0.15, 0.2) is 69.7 Å². The molecule has 0 radical (unpaired) electrons. The minimum absolute atomic E-state index is 0. The number of benzene rings is 3. The molecule has 0 aliphatic heterocycles. The maximum Gasteiger partial charge on any atom is 1.00 e. The van der Waals surface area contributed by atoms with E-state index in [-0.39, 0.29) is 51.7 Å². The van der Waals surface area contributed by atoms with Crippen LogP contribution in [0, 0.1) is 0 Å². The minimum atomic E-state index is -4.53. The number of hydrogen-bond acceptors (Lipinski definition) is 5. The first kappa shape index (κ1) is 19.8. The molecular formula is C16H10ClN2NaO4S. The molecule has 0 aliphatic carbocycles. The van der Waals surface area contributed by atoms with Gasteiger partial charge in [-0.2, -0.15) is 13.5 Å². The van der Waals surface area contributed by atoms with E-state index in [1.165, 1.54) is 18.2 Å². The van der Waals surface area contributed by atoms with Crippen LogP contribution in [0.2, 0.25) is 5.02 Å². The van der Waals surface area contributed by atoms with E-state index in [1.807, 2.05) is 12.1 Å². The van der Waals surface area contributed by atoms with Gasteiger partial charge in [-0.1, -0.05) is 53.7 Å². The molecule has 1 N–H and O–H groups in total. The Morgan fingerprint density at radius 3 is 2.44 bits per heavy atom. The molecule has 3 aromatic rings. The Balaban J connectivity index is 0.00000225. The van der Waals surface area contributed by atoms with Gasteiger partial charge in [-0.25, -0.2) is 0 Å². The van der Waals surface area contributed by atoms with Crippen LogP contribution in [-0.4, -0.2) is 13.0 Å². The van der Waals surface area contributed by atoms with Crippen molar-refractivity contribution in [2.24, 2.45) is 10.2 Å². The molecule has 0 unspecified atom stereocenters. The van der Waals surface area contributed by atoms with E-state index in [0.29, 0.717) is 5.39 Å². The second-order valence-electron chi connectivity index (χ2n) is 4.92. The summed E-state index contributed by atoms with van der Waals surface area (Å²) in [6, 6.07) is 13.9. The van der Waals surface area contributed by atoms with Gasteiger partial charge in [0.15, 0.2) is 0 Å². The average Bonchev–Trinajstić information content (AvgIpc) is 2.54. The zero-order valence-electron chi connectivity index (χ0n) is 13.0. The monoisotopic (exact) mass is 384 g/mol. The predicted molar refractivity (Wildman–Crippen MR) is 88.8 cm³/mol. The van der Waals surface area contributed by atoms with Crippen molar-refractivity contribution in [3.05, 3.63) is 59.6 Å². The van der Waals surface area contributed by atoms with Gasteiger partial charge in [-0.05, 0) is 23.6 Å². The standard InChI is InChI=1S/C16H11ClN2O4S.Na/c17-11-6-7-13(15(9-11)24(21,22)23)18-19-16-12-4-2-1-3-10(12)5-8-14(16)20;/h1-9,20H,(H,21,22,23);/q;+1/p-1. The molecule has 0 atom stereocenters. The van der Waals surface area contributed by atoms with Gasteiger partial charge < -0.3 is 5.11 Å². The predicted octanol–water partition coefficient (Wildman–Crippen LogP) is 1.23. The van der Waals surface area contributed by atoms with Gasteiger partial charge in [0.25, 0.3) is 10.1 Å². The van der Waals surface area contributed by atoms with E-state index in [0.717, 1.165) is 11.5 Å². The van der Waals surface area contributed by atoms with Crippen LogP contribution >= 0.6 is 11.6 Å². The summed E-state index contributed by atoms with van der Waals surface area (Å²) in [5.41, 5.74) is -0.0291. The van der Waals surface area contributed by atoms with Gasteiger partial charge >= 0.3 is 29.6 Å². The van der Waals surface area contributed by atoms with Gasteiger partial charge in [-0.15, -0.1) is 5.11 Å². The summed E-state index contributed by atoms with van der Waals surface area (Å²) in [5, 5.41) is 21.3. The number of azo groups is 1. The van der Waals surface area contributed by atoms with Crippen molar-refractivity contribution >= 4 is 43.9 Å². The molecule has 9 heteroatoms. The Bertz CT molecular complexity index is 1070. The smallest absolute Gasteiger partial charge is 0.871 e. The van der Waals surface area contributed by atoms with Crippen LogP contribution in [0.5, 0.6) is 5.75 Å². The van der Waals surface area contributed by atoms with Crippen molar-refractivity contribution in [1.82, 2.24) is 0 Å². The number of halogens is 1. The third-order valence-corrected chi connectivity index (χ3v) is 4.44. The van der Waals surface area contributed by atoms with Crippen molar-refractivity contribution < 1.29 is 47.6 Å². The summed E-state index contributed by atoms with van der Waals surface area (Å²) >= 11 is 5.75. The molecule has 3 rings (SSSR count). The molecule has 0 bridgehead atoms. The number of nitrogens with zero attached hydrogens (tertiary/aromatic N) is 2. The van der Waals surface area contributed by atoms with Crippen LogP contribution in [0.4, 0.5) is 11.4 Å². The molecule has 0 aliphatic rings. The van der Waals surface area contributed by atoms with Crippen molar-refractivity contribution in [2.75, 3.05) is 0 Å². The molecule has 0 aromatic heterocycles. The summed E-state index contributed by atoms with van der Waals surface area (Å²) in [5.74, 6) is -0.347. The van der Waals surface area contributed by atoms with E-state index in [9.17, 15) is 18.1 Å². The van der Waals surface area contributed by atoms with Crippen molar-refractivity contribution in [3.8, 4) is 5.75 Å². The third kappa shape index (κ3) is 4.38. The molecule has 0 fully saturated rings. The molecule has 0 amide bonds. The Hall–Kier alpha value is -1.48. The molecule has 0 saturated heterocycles. The molecule has 0 saturated carbocycles. The van der Waals surface area contributed by atoms with Crippen LogP contribution in [0.3, 0.4) is 0 Å². The fraction of sp³-hybridized carbons (Fsp3) is 0. The first-order valence-electron chi connectivity index (χ1n) is 6.74. The minimum Gasteiger partial charge on any atom is -0.871 e. The van der Waals surface area contributed by atoms with Gasteiger partial charge in [0.2, 0.25) is 0 Å². The fourth-order valence-corrected chi connectivity index (χ4v) is 3.11. The van der Waals surface area contributed by atoms with Gasteiger partial charge in [-0.3, -0.25) is 4.55 Å². The Morgan fingerprint density at radius 1 is 1.00 bits per heavy atom. The third-order valence-electron chi connectivity index (χ3n) is 3.32. The fourth-order valence-electron chi connectivity index (χ4n) is 2.22. The first-order chi connectivity index (χ1) is 11.4. The number of rotatable bonds is 3. The van der Waals surface area contributed by atoms with Crippen LogP contribution in [-0.2, 0) is 10.1 Å². The Kier molecular flexibility index (Phi) is 6.21. The largest absolute Gasteiger partial charge is 1.00 e. The van der Waals surface area contributed by atoms with Crippen molar-refractivity contribution in [2.45, 2.75) is 4.90 Å². The maximum atomic E-state index is 12.0. The molecule has 0 heterocycles. The Morgan fingerprint density at radius 2 is 1.72 bits per heavy atom. The van der Waals surface area contributed by atoms with Crippen LogP contribution in [0.1, 0.15) is 0 Å². The second kappa shape index (κ2) is 7.82. The van der Waals surface area contributed by atoms with E-state index < -0.39 is 15.0 Å². The summed E-state index contributed by atoms with van der Waals surface area (Å²) in [7, 11) is -4.53. The van der Waals surface area contributed by atoms with E-state index in [1.54, 1.807) is 18.2 Å². The molecule has 0 spiro atoms.